The first-order chi connectivity index (χ1) is 6.61. The molecular weight excluding hydrogens is 246 g/mol. The first kappa shape index (κ1) is 11.6. The average molecular weight is 254 g/mol. The van der Waals surface area contributed by atoms with Crippen LogP contribution in [0.15, 0.2) is 12.1 Å². The Morgan fingerprint density at radius 2 is 1.93 bits per heavy atom. The summed E-state index contributed by atoms with van der Waals surface area (Å²) in [5.41, 5.74) is 0.233. The van der Waals surface area contributed by atoms with Gasteiger partial charge in [-0.25, -0.2) is 0 Å². The molecule has 0 unspecified atom stereocenters. The third-order valence-electron chi connectivity index (χ3n) is 1.66. The molecule has 0 radical (unpaired) electrons. The summed E-state index contributed by atoms with van der Waals surface area (Å²) in [6.45, 7) is 0. The number of carbonyl (C=O) groups is 1. The summed E-state index contributed by atoms with van der Waals surface area (Å²) in [6, 6.07) is 3.10. The first-order valence-corrected chi connectivity index (χ1v) is 5.02. The molecule has 0 aliphatic rings. The van der Waals surface area contributed by atoms with Gasteiger partial charge in [0.05, 0.1) is 28.6 Å². The Morgan fingerprint density at radius 1 is 1.36 bits per heavy atom. The Bertz CT molecular complexity index is 363. The fourth-order valence-corrected chi connectivity index (χ4v) is 1.68. The minimum atomic E-state index is -0.309. The molecule has 5 heteroatoms. The summed E-state index contributed by atoms with van der Waals surface area (Å²) >= 11 is 17.1. The molecule has 2 nitrogen and oxygen atoms in total. The summed E-state index contributed by atoms with van der Waals surface area (Å²) in [4.78, 5) is 11.4. The van der Waals surface area contributed by atoms with Gasteiger partial charge in [0.1, 0.15) is 5.75 Å². The van der Waals surface area contributed by atoms with Crippen molar-refractivity contribution in [1.29, 1.82) is 0 Å². The predicted molar refractivity (Wildman–Crippen MR) is 58.1 cm³/mol. The Morgan fingerprint density at radius 3 is 2.43 bits per heavy atom. The molecule has 0 atom stereocenters. The minimum Gasteiger partial charge on any atom is -0.494 e. The van der Waals surface area contributed by atoms with Crippen molar-refractivity contribution in [1.82, 2.24) is 0 Å². The Balaban J connectivity index is 3.37. The van der Waals surface area contributed by atoms with Gasteiger partial charge < -0.3 is 4.74 Å². The van der Waals surface area contributed by atoms with E-state index in [1.54, 1.807) is 6.07 Å². The van der Waals surface area contributed by atoms with Gasteiger partial charge in [-0.3, -0.25) is 4.79 Å². The van der Waals surface area contributed by atoms with E-state index >= 15 is 0 Å². The quantitative estimate of drug-likeness (QED) is 0.609. The summed E-state index contributed by atoms with van der Waals surface area (Å²) < 4.78 is 4.98. The standard InChI is InChI=1S/C9H7Cl3O2/c1-14-9-6(12)3-2-5(11)8(9)7(13)4-10/h2-3H,4H2,1H3. The molecule has 1 aromatic rings. The maximum absolute atomic E-state index is 11.4. The van der Waals surface area contributed by atoms with Crippen LogP contribution in [0.5, 0.6) is 5.75 Å². The van der Waals surface area contributed by atoms with Gasteiger partial charge in [0.15, 0.2) is 5.78 Å². The van der Waals surface area contributed by atoms with Crippen molar-refractivity contribution >= 4 is 40.6 Å². The van der Waals surface area contributed by atoms with Crippen molar-refractivity contribution in [3.63, 3.8) is 0 Å². The fourth-order valence-electron chi connectivity index (χ4n) is 1.06. The molecule has 0 saturated carbocycles. The number of carbonyl (C=O) groups excluding carboxylic acids is 1. The van der Waals surface area contributed by atoms with Gasteiger partial charge in [-0.15, -0.1) is 11.6 Å². The lowest BCUT2D eigenvalue weighted by atomic mass is 10.1. The topological polar surface area (TPSA) is 26.3 Å². The molecule has 0 fully saturated rings. The van der Waals surface area contributed by atoms with Gasteiger partial charge >= 0.3 is 0 Å². The SMILES string of the molecule is COc1c(Cl)ccc(Cl)c1C(=O)CCl. The molecule has 1 rings (SSSR count). The second kappa shape index (κ2) is 4.87. The van der Waals surface area contributed by atoms with Gasteiger partial charge in [0.2, 0.25) is 0 Å². The molecule has 0 aromatic heterocycles. The molecule has 0 aliphatic heterocycles. The lowest BCUT2D eigenvalue weighted by molar-refractivity contribution is 0.101. The van der Waals surface area contributed by atoms with Crippen LogP contribution in [0.4, 0.5) is 0 Å². The molecule has 0 spiro atoms. The monoisotopic (exact) mass is 252 g/mol. The maximum atomic E-state index is 11.4. The number of Topliss-reactive ketones (excluding diaryl/α,β-unsaturated/α-hetero) is 1. The van der Waals surface area contributed by atoms with Gasteiger partial charge in [-0.1, -0.05) is 23.2 Å². The van der Waals surface area contributed by atoms with Crippen molar-refractivity contribution in [3.8, 4) is 5.75 Å². The zero-order chi connectivity index (χ0) is 10.7. The Hall–Kier alpha value is -0.440. The second-order valence-electron chi connectivity index (χ2n) is 2.49. The largest absolute Gasteiger partial charge is 0.494 e. The number of alkyl halides is 1. The molecule has 0 aliphatic carbocycles. The van der Waals surface area contributed by atoms with E-state index in [1.807, 2.05) is 0 Å². The average Bonchev–Trinajstić information content (AvgIpc) is 2.19. The van der Waals surface area contributed by atoms with Crippen molar-refractivity contribution in [2.75, 3.05) is 13.0 Å². The highest BCUT2D eigenvalue weighted by atomic mass is 35.5. The Kier molecular flexibility index (Phi) is 4.05. The van der Waals surface area contributed by atoms with Gasteiger partial charge in [-0.2, -0.15) is 0 Å². The summed E-state index contributed by atoms with van der Waals surface area (Å²) in [6.07, 6.45) is 0. The molecule has 14 heavy (non-hydrogen) atoms. The van der Waals surface area contributed by atoms with E-state index in [-0.39, 0.29) is 28.0 Å². The molecule has 0 saturated heterocycles. The van der Waals surface area contributed by atoms with E-state index in [4.69, 9.17) is 39.5 Å². The zero-order valence-electron chi connectivity index (χ0n) is 7.31. The van der Waals surface area contributed by atoms with E-state index in [2.05, 4.69) is 0 Å². The van der Waals surface area contributed by atoms with Crippen molar-refractivity contribution in [2.45, 2.75) is 0 Å². The van der Waals surface area contributed by atoms with Crippen LogP contribution in [-0.2, 0) is 0 Å². The molecule has 1 aromatic carbocycles. The van der Waals surface area contributed by atoms with Crippen LogP contribution in [0.25, 0.3) is 0 Å². The van der Waals surface area contributed by atoms with Crippen LogP contribution < -0.4 is 4.74 Å². The Labute approximate surface area is 96.7 Å². The molecular formula is C9H7Cl3O2. The van der Waals surface area contributed by atoms with Crippen LogP contribution >= 0.6 is 34.8 Å². The lowest BCUT2D eigenvalue weighted by Gasteiger charge is -2.09. The van der Waals surface area contributed by atoms with E-state index in [9.17, 15) is 4.79 Å². The molecule has 0 bridgehead atoms. The summed E-state index contributed by atoms with van der Waals surface area (Å²) in [5, 5.41) is 0.627. The van der Waals surface area contributed by atoms with Gasteiger partial charge in [0.25, 0.3) is 0 Å². The van der Waals surface area contributed by atoms with Gasteiger partial charge in [-0.05, 0) is 12.1 Å². The molecule has 0 heterocycles. The lowest BCUT2D eigenvalue weighted by Crippen LogP contribution is -2.04. The zero-order valence-corrected chi connectivity index (χ0v) is 9.58. The second-order valence-corrected chi connectivity index (χ2v) is 3.58. The molecule has 76 valence electrons. The third-order valence-corrected chi connectivity index (χ3v) is 2.52. The van der Waals surface area contributed by atoms with Crippen LogP contribution in [0, 0.1) is 0 Å². The third kappa shape index (κ3) is 2.14. The fraction of sp³-hybridized carbons (Fsp3) is 0.222. The number of halogens is 3. The summed E-state index contributed by atoms with van der Waals surface area (Å²) in [5.74, 6) is -0.197. The number of ether oxygens (including phenoxy) is 1. The molecule has 0 amide bonds. The van der Waals surface area contributed by atoms with Crippen molar-refractivity contribution < 1.29 is 9.53 Å². The number of methoxy groups -OCH3 is 1. The number of hydrogen-bond donors (Lipinski definition) is 0. The van der Waals surface area contributed by atoms with Crippen LogP contribution in [0.2, 0.25) is 10.0 Å². The first-order valence-electron chi connectivity index (χ1n) is 3.73. The van der Waals surface area contributed by atoms with Crippen LogP contribution in [0.3, 0.4) is 0 Å². The number of ketones is 1. The number of benzene rings is 1. The van der Waals surface area contributed by atoms with Crippen LogP contribution in [0.1, 0.15) is 10.4 Å². The van der Waals surface area contributed by atoms with Gasteiger partial charge in [0, 0.05) is 0 Å². The van der Waals surface area contributed by atoms with Crippen LogP contribution in [-0.4, -0.2) is 18.8 Å². The van der Waals surface area contributed by atoms with E-state index in [1.165, 1.54) is 13.2 Å². The molecule has 0 N–H and O–H groups in total. The van der Waals surface area contributed by atoms with E-state index in [0.29, 0.717) is 5.02 Å². The highest BCUT2D eigenvalue weighted by molar-refractivity contribution is 6.39. The number of hydrogen-bond acceptors (Lipinski definition) is 2. The maximum Gasteiger partial charge on any atom is 0.182 e. The van der Waals surface area contributed by atoms with Crippen molar-refractivity contribution in [3.05, 3.63) is 27.7 Å². The van der Waals surface area contributed by atoms with Crippen molar-refractivity contribution in [2.24, 2.45) is 0 Å². The minimum absolute atomic E-state index is 0.156. The summed E-state index contributed by atoms with van der Waals surface area (Å²) in [7, 11) is 1.42. The normalized spacial score (nSPS) is 10.0. The highest BCUT2D eigenvalue weighted by Gasteiger charge is 2.18. The smallest absolute Gasteiger partial charge is 0.182 e. The predicted octanol–water partition coefficient (Wildman–Crippen LogP) is 3.42. The highest BCUT2D eigenvalue weighted by Crippen LogP contribution is 2.34. The number of rotatable bonds is 3. The van der Waals surface area contributed by atoms with E-state index in [0.717, 1.165) is 0 Å². The van der Waals surface area contributed by atoms with E-state index < -0.39 is 0 Å².